The highest BCUT2D eigenvalue weighted by Gasteiger charge is 2.18. The van der Waals surface area contributed by atoms with E-state index >= 15 is 0 Å². The normalized spacial score (nSPS) is 15.6. The number of nitrogens with two attached hydrogens (primary N) is 2. The van der Waals surface area contributed by atoms with E-state index < -0.39 is 5.60 Å². The maximum atomic E-state index is 11.4. The fraction of sp³-hybridized carbons (Fsp3) is 0.900. The molecule has 1 amide bonds. The van der Waals surface area contributed by atoms with Crippen LogP contribution >= 0.6 is 0 Å². The summed E-state index contributed by atoms with van der Waals surface area (Å²) in [5, 5.41) is 14.0. The summed E-state index contributed by atoms with van der Waals surface area (Å²) >= 11 is 0. The van der Waals surface area contributed by atoms with Crippen LogP contribution in [0.2, 0.25) is 0 Å². The molecule has 0 radical (unpaired) electrons. The quantitative estimate of drug-likeness (QED) is 0.313. The molecule has 16 heavy (non-hydrogen) atoms. The van der Waals surface area contributed by atoms with E-state index in [-0.39, 0.29) is 24.5 Å². The smallest absolute Gasteiger partial charge is 0.275 e. The van der Waals surface area contributed by atoms with Gasteiger partial charge in [0.05, 0.1) is 12.1 Å². The number of carbonyl (C=O) groups excluding carboxylic acids is 1. The number of rotatable bonds is 7. The van der Waals surface area contributed by atoms with E-state index in [1.165, 1.54) is 0 Å². The molecule has 0 spiro atoms. The summed E-state index contributed by atoms with van der Waals surface area (Å²) in [6.45, 7) is 6.51. The van der Waals surface area contributed by atoms with Gasteiger partial charge in [-0.3, -0.25) is 4.79 Å². The Balaban J connectivity index is 3.73. The van der Waals surface area contributed by atoms with Gasteiger partial charge in [-0.25, -0.2) is 0 Å². The van der Waals surface area contributed by atoms with Crippen molar-refractivity contribution < 1.29 is 21.0 Å². The Labute approximate surface area is 96.8 Å². The fourth-order valence-corrected chi connectivity index (χ4v) is 1.12. The van der Waals surface area contributed by atoms with Gasteiger partial charge >= 0.3 is 0 Å². The van der Waals surface area contributed by atoms with Crippen molar-refractivity contribution in [3.8, 4) is 0 Å². The van der Waals surface area contributed by atoms with E-state index in [1.54, 1.807) is 13.8 Å². The lowest BCUT2D eigenvalue weighted by Gasteiger charge is -2.18. The molecule has 0 bridgehead atoms. The number of amides is 1. The first-order valence-corrected chi connectivity index (χ1v) is 5.63. The van der Waals surface area contributed by atoms with Crippen molar-refractivity contribution in [2.24, 2.45) is 5.73 Å². The monoisotopic (exact) mass is 234 g/mol. The van der Waals surface area contributed by atoms with Crippen LogP contribution < -0.4 is 22.1 Å². The van der Waals surface area contributed by atoms with Crippen LogP contribution in [0.25, 0.3) is 0 Å². The van der Waals surface area contributed by atoms with Gasteiger partial charge in [0.1, 0.15) is 12.1 Å². The highest BCUT2D eigenvalue weighted by molar-refractivity contribution is 5.76. The largest absolute Gasteiger partial charge is 0.389 e. The minimum Gasteiger partial charge on any atom is -0.389 e. The topological polar surface area (TPSA) is 120 Å². The summed E-state index contributed by atoms with van der Waals surface area (Å²) in [6, 6.07) is 0.174. The van der Waals surface area contributed by atoms with E-state index in [9.17, 15) is 9.90 Å². The van der Waals surface area contributed by atoms with Gasteiger partial charge in [0.25, 0.3) is 5.91 Å². The number of nitrogens with one attached hydrogen (secondary N) is 1. The molecular weight excluding hydrogens is 208 g/mol. The van der Waals surface area contributed by atoms with Crippen LogP contribution in [0.4, 0.5) is 0 Å². The van der Waals surface area contributed by atoms with Crippen LogP contribution in [-0.2, 0) is 4.79 Å². The zero-order chi connectivity index (χ0) is 12.8. The number of hydrogen-bond acceptors (Lipinski definition) is 3. The summed E-state index contributed by atoms with van der Waals surface area (Å²) in [4.78, 5) is 11.4. The van der Waals surface area contributed by atoms with Crippen LogP contribution in [0.3, 0.4) is 0 Å². The standard InChI is InChI=1S/C10H24N4O2/c1-7(8(12)4-11)13-5-9(15)14-6-10(2,3)16/h7-8,13,16H,4-6,11-12H2,1-3H3,(H,14,15)/p+2. The summed E-state index contributed by atoms with van der Waals surface area (Å²) < 4.78 is 0. The summed E-state index contributed by atoms with van der Waals surface area (Å²) in [5.74, 6) is -0.0924. The molecule has 0 heterocycles. The molecule has 0 aliphatic carbocycles. The van der Waals surface area contributed by atoms with E-state index in [2.05, 4.69) is 11.1 Å². The Morgan fingerprint density at radius 1 is 1.62 bits per heavy atom. The Morgan fingerprint density at radius 2 is 2.19 bits per heavy atom. The van der Waals surface area contributed by atoms with Crippen molar-refractivity contribution in [2.75, 3.05) is 19.6 Å². The third-order valence-electron chi connectivity index (χ3n) is 2.40. The first kappa shape index (κ1) is 15.3. The van der Waals surface area contributed by atoms with Crippen LogP contribution in [0.1, 0.15) is 20.8 Å². The molecule has 0 fully saturated rings. The van der Waals surface area contributed by atoms with E-state index in [1.807, 2.05) is 12.2 Å². The molecule has 0 aromatic heterocycles. The Hall–Kier alpha value is -0.690. The van der Waals surface area contributed by atoms with Gasteiger partial charge in [0.2, 0.25) is 0 Å². The molecule has 2 atom stereocenters. The summed E-state index contributed by atoms with van der Waals surface area (Å²) in [6.07, 6.45) is 0. The molecule has 2 unspecified atom stereocenters. The van der Waals surface area contributed by atoms with Gasteiger partial charge in [-0.1, -0.05) is 0 Å². The molecule has 96 valence electrons. The molecule has 0 rings (SSSR count). The van der Waals surface area contributed by atoms with Crippen LogP contribution in [0.15, 0.2) is 0 Å². The van der Waals surface area contributed by atoms with E-state index in [0.29, 0.717) is 13.1 Å². The third-order valence-corrected chi connectivity index (χ3v) is 2.40. The number of carbonyl (C=O) groups is 1. The van der Waals surface area contributed by atoms with Gasteiger partial charge in [0.15, 0.2) is 6.54 Å². The zero-order valence-corrected chi connectivity index (χ0v) is 10.5. The second-order valence-corrected chi connectivity index (χ2v) is 4.84. The second-order valence-electron chi connectivity index (χ2n) is 4.84. The lowest BCUT2D eigenvalue weighted by molar-refractivity contribution is -0.680. The summed E-state index contributed by atoms with van der Waals surface area (Å²) in [7, 11) is 0. The molecule has 0 aliphatic heterocycles. The Kier molecular flexibility index (Phi) is 6.51. The molecule has 9 N–H and O–H groups in total. The lowest BCUT2D eigenvalue weighted by Crippen LogP contribution is -2.95. The molecule has 0 aromatic rings. The van der Waals surface area contributed by atoms with Gasteiger partial charge in [-0.15, -0.1) is 0 Å². The average molecular weight is 234 g/mol. The zero-order valence-electron chi connectivity index (χ0n) is 10.5. The SMILES string of the molecule is CC([NH2+]CC(=O)NCC(C)(C)O)C(N)C[NH3+]. The van der Waals surface area contributed by atoms with E-state index in [4.69, 9.17) is 5.73 Å². The maximum absolute atomic E-state index is 11.4. The molecule has 0 aliphatic rings. The maximum Gasteiger partial charge on any atom is 0.275 e. The first-order chi connectivity index (χ1) is 7.26. The second kappa shape index (κ2) is 6.80. The molecular formula is C10H26N4O2+2. The van der Waals surface area contributed by atoms with Crippen molar-refractivity contribution in [1.29, 1.82) is 0 Å². The molecule has 0 aromatic carbocycles. The van der Waals surface area contributed by atoms with Crippen molar-refractivity contribution in [2.45, 2.75) is 38.5 Å². The van der Waals surface area contributed by atoms with Gasteiger partial charge in [-0.2, -0.15) is 0 Å². The van der Waals surface area contributed by atoms with E-state index in [0.717, 1.165) is 0 Å². The Morgan fingerprint density at radius 3 is 2.62 bits per heavy atom. The molecule has 0 saturated carbocycles. The van der Waals surface area contributed by atoms with Gasteiger partial charge in [-0.05, 0) is 20.8 Å². The fourth-order valence-electron chi connectivity index (χ4n) is 1.12. The van der Waals surface area contributed by atoms with Crippen molar-refractivity contribution >= 4 is 5.91 Å². The molecule has 6 heteroatoms. The molecule has 0 saturated heterocycles. The average Bonchev–Trinajstić information content (AvgIpc) is 2.20. The highest BCUT2D eigenvalue weighted by Crippen LogP contribution is 1.96. The number of aliphatic hydroxyl groups is 1. The predicted octanol–water partition coefficient (Wildman–Crippen LogP) is -3.61. The van der Waals surface area contributed by atoms with Crippen LogP contribution in [0, 0.1) is 0 Å². The Bertz CT molecular complexity index is 215. The minimum atomic E-state index is -0.870. The minimum absolute atomic E-state index is 0.00193. The third kappa shape index (κ3) is 7.58. The van der Waals surface area contributed by atoms with Crippen molar-refractivity contribution in [3.05, 3.63) is 0 Å². The first-order valence-electron chi connectivity index (χ1n) is 5.63. The van der Waals surface area contributed by atoms with Gasteiger partial charge < -0.3 is 27.2 Å². The van der Waals surface area contributed by atoms with Crippen molar-refractivity contribution in [3.63, 3.8) is 0 Å². The number of hydrogen-bond donors (Lipinski definition) is 5. The summed E-state index contributed by atoms with van der Waals surface area (Å²) in [5.41, 5.74) is 8.63. The highest BCUT2D eigenvalue weighted by atomic mass is 16.3. The van der Waals surface area contributed by atoms with Crippen molar-refractivity contribution in [1.82, 2.24) is 5.32 Å². The number of quaternary nitrogens is 2. The van der Waals surface area contributed by atoms with Crippen LogP contribution in [-0.4, -0.2) is 48.3 Å². The lowest BCUT2D eigenvalue weighted by atomic mass is 10.1. The van der Waals surface area contributed by atoms with Crippen LogP contribution in [0.5, 0.6) is 0 Å². The molecule has 6 nitrogen and oxygen atoms in total. The van der Waals surface area contributed by atoms with Gasteiger partial charge in [0, 0.05) is 6.54 Å². The predicted molar refractivity (Wildman–Crippen MR) is 61.3 cm³/mol.